The summed E-state index contributed by atoms with van der Waals surface area (Å²) in [5.41, 5.74) is 5.91. The minimum Gasteiger partial charge on any atom is -0.387 e. The zero-order valence-corrected chi connectivity index (χ0v) is 23.5. The van der Waals surface area contributed by atoms with Gasteiger partial charge in [0.15, 0.2) is 29.1 Å². The van der Waals surface area contributed by atoms with Crippen molar-refractivity contribution >= 4 is 49.5 Å². The zero-order valence-electron chi connectivity index (χ0n) is 21.0. The molecule has 4 aromatic rings. The number of nitrogens with one attached hydrogen (secondary N) is 1. The number of rotatable bonds is 8. The number of nitrogens with zero attached hydrogens (tertiary/aromatic N) is 4. The molecule has 1 aliphatic carbocycles. The number of hydrogen-bond donors (Lipinski definition) is 6. The van der Waals surface area contributed by atoms with Gasteiger partial charge in [-0.3, -0.25) is 13.7 Å². The van der Waals surface area contributed by atoms with Crippen LogP contribution in [0.5, 0.6) is 0 Å². The normalized spacial score (nSPS) is 23.4. The van der Waals surface area contributed by atoms with Gasteiger partial charge in [-0.05, 0) is 52.4 Å². The van der Waals surface area contributed by atoms with Gasteiger partial charge in [0.05, 0.1) is 12.9 Å². The quantitative estimate of drug-likeness (QED) is 0.109. The van der Waals surface area contributed by atoms with E-state index in [1.54, 1.807) is 0 Å². The summed E-state index contributed by atoms with van der Waals surface area (Å²) in [5.74, 6) is -1.11. The molecule has 1 aliphatic heterocycles. The van der Waals surface area contributed by atoms with Gasteiger partial charge in [0.25, 0.3) is 0 Å². The van der Waals surface area contributed by atoms with Crippen LogP contribution in [0.25, 0.3) is 22.3 Å². The minimum absolute atomic E-state index is 0.125. The summed E-state index contributed by atoms with van der Waals surface area (Å²) in [4.78, 5) is 40.5. The molecule has 2 aromatic heterocycles. The Hall–Kier alpha value is -2.74. The maximum absolute atomic E-state index is 12.0. The Labute approximate surface area is 237 Å². The van der Waals surface area contributed by atoms with Crippen LogP contribution in [-0.2, 0) is 24.8 Å². The first-order chi connectivity index (χ1) is 19.4. The first-order valence-electron chi connectivity index (χ1n) is 12.3. The van der Waals surface area contributed by atoms with Crippen molar-refractivity contribution < 1.29 is 43.3 Å². The monoisotopic (exact) mass is 623 g/mol. The summed E-state index contributed by atoms with van der Waals surface area (Å²) in [5, 5.41) is 24.3. The van der Waals surface area contributed by atoms with Crippen LogP contribution in [0.4, 0.5) is 11.5 Å². The average molecular weight is 624 g/mol. The van der Waals surface area contributed by atoms with E-state index in [1.165, 1.54) is 22.0 Å². The number of aliphatic hydroxyl groups excluding tert-OH is 2. The van der Waals surface area contributed by atoms with Crippen molar-refractivity contribution in [3.8, 4) is 11.1 Å². The average Bonchev–Trinajstić information content (AvgIpc) is 3.55. The van der Waals surface area contributed by atoms with Crippen molar-refractivity contribution in [2.75, 3.05) is 17.8 Å². The Kier molecular flexibility index (Phi) is 7.28. The van der Waals surface area contributed by atoms with Crippen LogP contribution in [0.1, 0.15) is 17.4 Å². The second-order valence-electron chi connectivity index (χ2n) is 9.78. The van der Waals surface area contributed by atoms with Gasteiger partial charge in [-0.2, -0.15) is 9.97 Å². The number of benzene rings is 2. The Bertz CT molecular complexity index is 1750. The van der Waals surface area contributed by atoms with Gasteiger partial charge in [-0.1, -0.05) is 30.3 Å². The van der Waals surface area contributed by atoms with Gasteiger partial charge in [0.1, 0.15) is 18.3 Å². The lowest BCUT2D eigenvalue weighted by Gasteiger charge is -2.18. The third-order valence-electron chi connectivity index (χ3n) is 6.87. The Morgan fingerprint density at radius 2 is 1.80 bits per heavy atom. The number of anilines is 2. The summed E-state index contributed by atoms with van der Waals surface area (Å²) in [7, 11) is -9.55. The second-order valence-corrected chi connectivity index (χ2v) is 14.1. The maximum Gasteiger partial charge on any atom is 0.340 e. The topological polar surface area (TPSA) is 209 Å². The number of aromatic nitrogens is 4. The highest BCUT2D eigenvalue weighted by molar-refractivity contribution is 7.70. The fourth-order valence-electron chi connectivity index (χ4n) is 5.06. The first-order valence-corrected chi connectivity index (χ1v) is 16.2. The SMILES string of the molecule is O=P(O)(O)CP(=O)(O)OCC1OC(n2cnc3c(Nc4ccc5c(c4)-c4ccccc4C5)nc(Cl)nc32)C(O)C1O. The van der Waals surface area contributed by atoms with Crippen molar-refractivity contribution in [1.29, 1.82) is 0 Å². The molecule has 17 heteroatoms. The Morgan fingerprint density at radius 1 is 1.05 bits per heavy atom. The standard InChI is InChI=1S/C24H24ClN5O9P2/c25-24-28-21(27-14-6-5-13-7-12-3-1-2-4-15(12)16(13)8-14)18-22(29-24)30(10-26-18)23-20(32)19(31)17(39-23)9-38-41(36,37)11-40(33,34)35/h1-6,8,10,17,19-20,23,31-32H,7,9,11H2,(H,36,37)(H,27,28,29)(H2,33,34,35). The van der Waals surface area contributed by atoms with E-state index in [0.717, 1.165) is 23.2 Å². The Balaban J connectivity index is 1.24. The fourth-order valence-corrected chi connectivity index (χ4v) is 7.80. The maximum atomic E-state index is 12.0. The van der Waals surface area contributed by atoms with Crippen molar-refractivity contribution in [2.24, 2.45) is 0 Å². The third-order valence-corrected chi connectivity index (χ3v) is 10.5. The Morgan fingerprint density at radius 3 is 2.59 bits per heavy atom. The molecule has 1 fully saturated rings. The van der Waals surface area contributed by atoms with Crippen LogP contribution >= 0.6 is 26.8 Å². The highest BCUT2D eigenvalue weighted by atomic mass is 35.5. The summed E-state index contributed by atoms with van der Waals surface area (Å²) in [6.07, 6.45) is -3.51. The van der Waals surface area contributed by atoms with Crippen LogP contribution < -0.4 is 5.32 Å². The summed E-state index contributed by atoms with van der Waals surface area (Å²) >= 11 is 6.23. The first kappa shape index (κ1) is 28.4. The lowest BCUT2D eigenvalue weighted by atomic mass is 10.1. The van der Waals surface area contributed by atoms with E-state index in [0.29, 0.717) is 5.52 Å². The fraction of sp³-hybridized carbons (Fsp3) is 0.292. The van der Waals surface area contributed by atoms with Crippen molar-refractivity contribution in [1.82, 2.24) is 19.5 Å². The van der Waals surface area contributed by atoms with Gasteiger partial charge < -0.3 is 39.5 Å². The lowest BCUT2D eigenvalue weighted by molar-refractivity contribution is -0.0483. The smallest absolute Gasteiger partial charge is 0.340 e. The van der Waals surface area contributed by atoms with Crippen molar-refractivity contribution in [2.45, 2.75) is 31.0 Å². The van der Waals surface area contributed by atoms with Crippen LogP contribution in [0, 0.1) is 0 Å². The van der Waals surface area contributed by atoms with Crippen molar-refractivity contribution in [3.05, 3.63) is 65.2 Å². The summed E-state index contributed by atoms with van der Waals surface area (Å²) in [6, 6.07) is 14.1. The highest BCUT2D eigenvalue weighted by Crippen LogP contribution is 2.55. The van der Waals surface area contributed by atoms with Crippen LogP contribution in [-0.4, -0.2) is 75.2 Å². The second kappa shape index (κ2) is 10.5. The van der Waals surface area contributed by atoms with Gasteiger partial charge in [0.2, 0.25) is 5.28 Å². The summed E-state index contributed by atoms with van der Waals surface area (Å²) < 4.78 is 34.9. The molecule has 0 saturated carbocycles. The molecule has 41 heavy (non-hydrogen) atoms. The summed E-state index contributed by atoms with van der Waals surface area (Å²) in [6.45, 7) is -0.723. The van der Waals surface area contributed by atoms with E-state index in [4.69, 9.17) is 30.6 Å². The molecule has 5 atom stereocenters. The largest absolute Gasteiger partial charge is 0.387 e. The van der Waals surface area contributed by atoms with E-state index in [2.05, 4.69) is 32.4 Å². The zero-order chi connectivity index (χ0) is 29.1. The number of aliphatic hydroxyl groups is 2. The number of ether oxygens (including phenoxy) is 1. The van der Waals surface area contributed by atoms with E-state index in [9.17, 15) is 24.2 Å². The molecule has 1 saturated heterocycles. The number of fused-ring (bicyclic) bond motifs is 4. The molecule has 14 nitrogen and oxygen atoms in total. The van der Waals surface area contributed by atoms with E-state index >= 15 is 0 Å². The minimum atomic E-state index is -4.84. The van der Waals surface area contributed by atoms with Gasteiger partial charge >= 0.3 is 15.2 Å². The van der Waals surface area contributed by atoms with E-state index < -0.39 is 52.2 Å². The van der Waals surface area contributed by atoms with Crippen molar-refractivity contribution in [3.63, 3.8) is 0 Å². The molecule has 0 amide bonds. The van der Waals surface area contributed by atoms with E-state index in [-0.39, 0.29) is 16.7 Å². The molecule has 0 spiro atoms. The molecular weight excluding hydrogens is 600 g/mol. The third kappa shape index (κ3) is 5.69. The molecule has 2 aliphatic rings. The number of imidazole rings is 1. The predicted octanol–water partition coefficient (Wildman–Crippen LogP) is 2.75. The molecule has 2 aromatic carbocycles. The van der Waals surface area contributed by atoms with Gasteiger partial charge in [-0.25, -0.2) is 4.98 Å². The van der Waals surface area contributed by atoms with Crippen LogP contribution in [0.3, 0.4) is 0 Å². The highest BCUT2D eigenvalue weighted by Gasteiger charge is 2.45. The molecule has 6 N–H and O–H groups in total. The molecule has 216 valence electrons. The van der Waals surface area contributed by atoms with E-state index in [1.807, 2.05) is 30.3 Å². The lowest BCUT2D eigenvalue weighted by Crippen LogP contribution is -2.33. The predicted molar refractivity (Wildman–Crippen MR) is 147 cm³/mol. The molecule has 3 heterocycles. The molecule has 5 unspecified atom stereocenters. The van der Waals surface area contributed by atoms with Crippen LogP contribution in [0.2, 0.25) is 5.28 Å². The van der Waals surface area contributed by atoms with Gasteiger partial charge in [0, 0.05) is 5.69 Å². The van der Waals surface area contributed by atoms with Crippen LogP contribution in [0.15, 0.2) is 48.8 Å². The molecule has 0 bridgehead atoms. The molecular formula is C24H24ClN5O9P2. The molecule has 6 rings (SSSR count). The van der Waals surface area contributed by atoms with Gasteiger partial charge in [-0.15, -0.1) is 0 Å². The number of hydrogen-bond acceptors (Lipinski definition) is 10. The molecule has 0 radical (unpaired) electrons. The number of halogens is 1.